The normalized spacial score (nSPS) is 21.8. The number of likely N-dealkylation sites (tertiary alicyclic amines) is 1. The molecule has 1 aromatic heterocycles. The van der Waals surface area contributed by atoms with Gasteiger partial charge in [-0.2, -0.15) is 5.10 Å². The third kappa shape index (κ3) is 4.05. The number of rotatable bonds is 4. The van der Waals surface area contributed by atoms with E-state index in [0.29, 0.717) is 32.1 Å². The Morgan fingerprint density at radius 1 is 1.24 bits per heavy atom. The molecule has 2 fully saturated rings. The van der Waals surface area contributed by atoms with Gasteiger partial charge >= 0.3 is 0 Å². The molecule has 160 valence electrons. The lowest BCUT2D eigenvalue weighted by atomic mass is 9.83. The van der Waals surface area contributed by atoms with Crippen LogP contribution in [-0.2, 0) is 34.3 Å². The fourth-order valence-corrected chi connectivity index (χ4v) is 4.72. The van der Waals surface area contributed by atoms with Crippen LogP contribution < -0.4 is 5.32 Å². The van der Waals surface area contributed by atoms with E-state index in [-0.39, 0.29) is 23.3 Å². The predicted octanol–water partition coefficient (Wildman–Crippen LogP) is 1.42. The number of nitrogens with one attached hydrogen (secondary N) is 1. The zero-order chi connectivity index (χ0) is 20.4. The first kappa shape index (κ1) is 20.3. The van der Waals surface area contributed by atoms with Gasteiger partial charge in [0, 0.05) is 63.5 Å². The van der Waals surface area contributed by atoms with E-state index >= 15 is 0 Å². The second-order valence-corrected chi connectivity index (χ2v) is 8.51. The van der Waals surface area contributed by atoms with Crippen molar-refractivity contribution >= 4 is 11.8 Å². The molecule has 0 bridgehead atoms. The molecule has 0 aliphatic carbocycles. The highest BCUT2D eigenvalue weighted by Gasteiger charge is 2.43. The smallest absolute Gasteiger partial charge is 0.272 e. The summed E-state index contributed by atoms with van der Waals surface area (Å²) in [4.78, 5) is 27.2. The van der Waals surface area contributed by atoms with Crippen molar-refractivity contribution in [2.75, 3.05) is 32.8 Å². The second-order valence-electron chi connectivity index (χ2n) is 8.51. The molecule has 29 heavy (non-hydrogen) atoms. The molecule has 3 aliphatic rings. The molecule has 2 amide bonds. The van der Waals surface area contributed by atoms with Gasteiger partial charge in [0.05, 0.1) is 12.2 Å². The topological polar surface area (TPSA) is 85.7 Å². The lowest BCUT2D eigenvalue weighted by molar-refractivity contribution is -0.147. The lowest BCUT2D eigenvalue weighted by Crippen LogP contribution is -2.52. The van der Waals surface area contributed by atoms with Gasteiger partial charge < -0.3 is 19.7 Å². The molecule has 3 aliphatic heterocycles. The van der Waals surface area contributed by atoms with Crippen LogP contribution in [0.3, 0.4) is 0 Å². The Balaban J connectivity index is 1.41. The van der Waals surface area contributed by atoms with Crippen molar-refractivity contribution in [1.82, 2.24) is 20.0 Å². The van der Waals surface area contributed by atoms with Crippen molar-refractivity contribution in [2.24, 2.45) is 13.0 Å². The minimum atomic E-state index is -0.260. The molecule has 0 saturated carbocycles. The van der Waals surface area contributed by atoms with Crippen molar-refractivity contribution in [3.63, 3.8) is 0 Å². The number of amides is 2. The Bertz CT molecular complexity index is 761. The molecule has 4 heterocycles. The van der Waals surface area contributed by atoms with Crippen LogP contribution in [0.2, 0.25) is 0 Å². The van der Waals surface area contributed by atoms with Crippen LogP contribution in [-0.4, -0.2) is 64.9 Å². The molecule has 0 atom stereocenters. The molecule has 8 nitrogen and oxygen atoms in total. The molecule has 1 N–H and O–H groups in total. The van der Waals surface area contributed by atoms with Crippen LogP contribution in [0.1, 0.15) is 60.8 Å². The molecule has 0 unspecified atom stereocenters. The summed E-state index contributed by atoms with van der Waals surface area (Å²) < 4.78 is 13.5. The van der Waals surface area contributed by atoms with E-state index in [9.17, 15) is 9.59 Å². The number of aryl methyl sites for hydroxylation is 1. The van der Waals surface area contributed by atoms with Crippen molar-refractivity contribution in [2.45, 2.75) is 57.7 Å². The molecule has 2 saturated heterocycles. The third-order valence-electron chi connectivity index (χ3n) is 6.59. The van der Waals surface area contributed by atoms with Gasteiger partial charge in [0.1, 0.15) is 0 Å². The Hall–Kier alpha value is -1.93. The molecular formula is C21H32N4O4. The van der Waals surface area contributed by atoms with Crippen molar-refractivity contribution < 1.29 is 19.1 Å². The predicted molar refractivity (Wildman–Crippen MR) is 106 cm³/mol. The zero-order valence-corrected chi connectivity index (χ0v) is 17.5. The van der Waals surface area contributed by atoms with Gasteiger partial charge in [0.2, 0.25) is 5.91 Å². The average Bonchev–Trinajstić information content (AvgIpc) is 3.08. The van der Waals surface area contributed by atoms with E-state index in [1.807, 2.05) is 23.6 Å². The fraction of sp³-hybridized carbons (Fsp3) is 0.762. The summed E-state index contributed by atoms with van der Waals surface area (Å²) in [7, 11) is 1.90. The van der Waals surface area contributed by atoms with E-state index in [2.05, 4.69) is 10.4 Å². The van der Waals surface area contributed by atoms with Gasteiger partial charge in [-0.15, -0.1) is 0 Å². The number of nitrogens with zero attached hydrogens (tertiary/aromatic N) is 3. The molecule has 0 aromatic carbocycles. The van der Waals surface area contributed by atoms with Crippen LogP contribution in [0.15, 0.2) is 0 Å². The van der Waals surface area contributed by atoms with Crippen molar-refractivity contribution in [3.05, 3.63) is 17.0 Å². The highest BCUT2D eigenvalue weighted by atomic mass is 16.5. The van der Waals surface area contributed by atoms with Crippen LogP contribution in [0.25, 0.3) is 0 Å². The van der Waals surface area contributed by atoms with Gasteiger partial charge in [-0.05, 0) is 32.1 Å². The van der Waals surface area contributed by atoms with Crippen LogP contribution >= 0.6 is 0 Å². The first-order chi connectivity index (χ1) is 14.0. The molecule has 1 spiro atoms. The average molecular weight is 405 g/mol. The van der Waals surface area contributed by atoms with Gasteiger partial charge in [0.15, 0.2) is 5.69 Å². The van der Waals surface area contributed by atoms with Crippen LogP contribution in [0.4, 0.5) is 0 Å². The summed E-state index contributed by atoms with van der Waals surface area (Å²) >= 11 is 0. The quantitative estimate of drug-likeness (QED) is 0.820. The second kappa shape index (κ2) is 8.44. The highest BCUT2D eigenvalue weighted by molar-refractivity contribution is 5.94. The van der Waals surface area contributed by atoms with E-state index in [1.165, 1.54) is 0 Å². The van der Waals surface area contributed by atoms with Gasteiger partial charge in [-0.3, -0.25) is 14.3 Å². The van der Waals surface area contributed by atoms with E-state index in [1.54, 1.807) is 0 Å². The summed E-state index contributed by atoms with van der Waals surface area (Å²) in [6, 6.07) is 0. The summed E-state index contributed by atoms with van der Waals surface area (Å²) in [5.74, 6) is 0.258. The minimum absolute atomic E-state index is 0.109. The van der Waals surface area contributed by atoms with Gasteiger partial charge in [0.25, 0.3) is 5.91 Å². The fourth-order valence-electron chi connectivity index (χ4n) is 4.72. The van der Waals surface area contributed by atoms with E-state index < -0.39 is 0 Å². The molecular weight excluding hydrogens is 372 g/mol. The number of carbonyl (C=O) groups excluding carboxylic acids is 2. The standard InChI is InChI=1S/C21H32N4O4/c1-3-8-22-19(26)18-16-14-29-21(13-17(16)24(2)23-18)6-9-25(10-7-21)20(27)15-4-11-28-12-5-15/h15H,3-14H2,1-2H3,(H,22,26). The highest BCUT2D eigenvalue weighted by Crippen LogP contribution is 2.37. The minimum Gasteiger partial charge on any atom is -0.381 e. The summed E-state index contributed by atoms with van der Waals surface area (Å²) in [5.41, 5.74) is 2.22. The number of fused-ring (bicyclic) bond motifs is 1. The van der Waals surface area contributed by atoms with Gasteiger partial charge in [-0.1, -0.05) is 6.92 Å². The molecule has 0 radical (unpaired) electrons. The first-order valence-electron chi connectivity index (χ1n) is 10.9. The van der Waals surface area contributed by atoms with Crippen LogP contribution in [0.5, 0.6) is 0 Å². The van der Waals surface area contributed by atoms with Crippen molar-refractivity contribution in [3.8, 4) is 0 Å². The van der Waals surface area contributed by atoms with Crippen LogP contribution in [0, 0.1) is 5.92 Å². The molecule has 4 rings (SSSR count). The third-order valence-corrected chi connectivity index (χ3v) is 6.59. The Morgan fingerprint density at radius 2 is 1.97 bits per heavy atom. The van der Waals surface area contributed by atoms with E-state index in [0.717, 1.165) is 62.9 Å². The largest absolute Gasteiger partial charge is 0.381 e. The number of hydrogen-bond acceptors (Lipinski definition) is 5. The van der Waals surface area contributed by atoms with Crippen molar-refractivity contribution in [1.29, 1.82) is 0 Å². The maximum absolute atomic E-state index is 12.8. The summed E-state index contributed by atoms with van der Waals surface area (Å²) in [6.07, 6.45) is 4.94. The number of ether oxygens (including phenoxy) is 2. The van der Waals surface area contributed by atoms with Gasteiger partial charge in [-0.25, -0.2) is 0 Å². The number of carbonyl (C=O) groups is 2. The molecule has 8 heteroatoms. The van der Waals surface area contributed by atoms with E-state index in [4.69, 9.17) is 9.47 Å². The zero-order valence-electron chi connectivity index (χ0n) is 17.5. The summed E-state index contributed by atoms with van der Waals surface area (Å²) in [6.45, 7) is 5.92. The molecule has 1 aromatic rings. The number of aromatic nitrogens is 2. The Kier molecular flexibility index (Phi) is 5.92. The number of piperidine rings is 1. The maximum atomic E-state index is 12.8. The maximum Gasteiger partial charge on any atom is 0.272 e. The Labute approximate surface area is 171 Å². The first-order valence-corrected chi connectivity index (χ1v) is 10.9. The lowest BCUT2D eigenvalue weighted by Gasteiger charge is -2.44. The Morgan fingerprint density at radius 3 is 2.66 bits per heavy atom. The number of hydrogen-bond donors (Lipinski definition) is 1. The monoisotopic (exact) mass is 404 g/mol. The SMILES string of the molecule is CCCNC(=O)c1nn(C)c2c1COC1(CCN(C(=O)C3CCOCC3)CC1)C2. The summed E-state index contributed by atoms with van der Waals surface area (Å²) in [5, 5.41) is 7.38.